The average molecular weight is 152 g/mol. The Balaban J connectivity index is 3.30. The van der Waals surface area contributed by atoms with Crippen molar-refractivity contribution in [2.24, 2.45) is 0 Å². The van der Waals surface area contributed by atoms with Crippen molar-refractivity contribution in [3.05, 3.63) is 0 Å². The van der Waals surface area contributed by atoms with Gasteiger partial charge in [0.15, 0.2) is 0 Å². The first kappa shape index (κ1) is 10.0. The lowest BCUT2D eigenvalue weighted by atomic mass is 10.1. The minimum atomic E-state index is -0.708. The fourth-order valence-electron chi connectivity index (χ4n) is 0.671. The molecule has 0 aromatic rings. The van der Waals surface area contributed by atoms with E-state index in [1.54, 1.807) is 0 Å². The molecular formula is C9H12O2. The predicted molar refractivity (Wildman–Crippen MR) is 43.5 cm³/mol. The van der Waals surface area contributed by atoms with Crippen LogP contribution < -0.4 is 0 Å². The maximum Gasteiger partial charge on any atom is 0.114 e. The van der Waals surface area contributed by atoms with Crippen molar-refractivity contribution in [3.63, 3.8) is 0 Å². The predicted octanol–water partition coefficient (Wildman–Crippen LogP) is 0.145. The number of terminal acetylenes is 2. The van der Waals surface area contributed by atoms with Crippen LogP contribution in [0.25, 0.3) is 0 Å². The Morgan fingerprint density at radius 3 is 1.64 bits per heavy atom. The van der Waals surface area contributed by atoms with Crippen molar-refractivity contribution in [3.8, 4) is 24.7 Å². The second-order valence-electron chi connectivity index (χ2n) is 2.30. The van der Waals surface area contributed by atoms with Crippen molar-refractivity contribution < 1.29 is 10.2 Å². The highest BCUT2D eigenvalue weighted by atomic mass is 16.3. The molecule has 0 aromatic carbocycles. The number of rotatable bonds is 4. The van der Waals surface area contributed by atoms with Crippen LogP contribution in [0.3, 0.4) is 0 Å². The lowest BCUT2D eigenvalue weighted by Gasteiger charge is -2.03. The van der Waals surface area contributed by atoms with Crippen molar-refractivity contribution in [2.75, 3.05) is 0 Å². The van der Waals surface area contributed by atoms with E-state index in [2.05, 4.69) is 11.8 Å². The molecule has 0 unspecified atom stereocenters. The summed E-state index contributed by atoms with van der Waals surface area (Å²) in [6.07, 6.45) is 10.1. The van der Waals surface area contributed by atoms with Gasteiger partial charge < -0.3 is 10.2 Å². The second kappa shape index (κ2) is 5.80. The number of hydrogen-bond donors (Lipinski definition) is 2. The Morgan fingerprint density at radius 1 is 1.00 bits per heavy atom. The quantitative estimate of drug-likeness (QED) is 0.563. The molecular weight excluding hydrogens is 140 g/mol. The van der Waals surface area contributed by atoms with Gasteiger partial charge in [0.2, 0.25) is 0 Å². The molecule has 2 N–H and O–H groups in total. The molecule has 0 aliphatic rings. The van der Waals surface area contributed by atoms with Crippen LogP contribution in [0.2, 0.25) is 0 Å². The lowest BCUT2D eigenvalue weighted by Crippen LogP contribution is -2.06. The Labute approximate surface area is 67.2 Å². The van der Waals surface area contributed by atoms with Crippen LogP contribution in [0.1, 0.15) is 19.3 Å². The van der Waals surface area contributed by atoms with E-state index in [9.17, 15) is 0 Å². The maximum atomic E-state index is 8.87. The minimum absolute atomic E-state index is 0.495. The first-order valence-electron chi connectivity index (χ1n) is 3.49. The third-order valence-electron chi connectivity index (χ3n) is 1.34. The molecule has 0 amide bonds. The smallest absolute Gasteiger partial charge is 0.114 e. The van der Waals surface area contributed by atoms with Crippen molar-refractivity contribution >= 4 is 0 Å². The van der Waals surface area contributed by atoms with E-state index >= 15 is 0 Å². The van der Waals surface area contributed by atoms with Crippen LogP contribution in [-0.2, 0) is 0 Å². The van der Waals surface area contributed by atoms with E-state index < -0.39 is 12.2 Å². The molecule has 0 saturated carbocycles. The molecule has 2 heteroatoms. The molecule has 11 heavy (non-hydrogen) atoms. The van der Waals surface area contributed by atoms with E-state index in [1.165, 1.54) is 0 Å². The summed E-state index contributed by atoms with van der Waals surface area (Å²) in [6, 6.07) is 0. The Hall–Kier alpha value is -0.960. The zero-order chi connectivity index (χ0) is 8.69. The summed E-state index contributed by atoms with van der Waals surface area (Å²) in [5.74, 6) is 4.36. The highest BCUT2D eigenvalue weighted by Crippen LogP contribution is 2.02. The molecule has 0 spiro atoms. The van der Waals surface area contributed by atoms with Crippen molar-refractivity contribution in [2.45, 2.75) is 31.5 Å². The van der Waals surface area contributed by atoms with Crippen LogP contribution >= 0.6 is 0 Å². The van der Waals surface area contributed by atoms with Gasteiger partial charge in [0, 0.05) is 0 Å². The number of hydrogen-bond acceptors (Lipinski definition) is 2. The number of aliphatic hydroxyl groups is 2. The highest BCUT2D eigenvalue weighted by Gasteiger charge is 2.01. The summed E-state index contributed by atoms with van der Waals surface area (Å²) >= 11 is 0. The zero-order valence-electron chi connectivity index (χ0n) is 6.33. The van der Waals surface area contributed by atoms with E-state index in [-0.39, 0.29) is 0 Å². The van der Waals surface area contributed by atoms with Gasteiger partial charge in [-0.2, -0.15) is 0 Å². The molecule has 2 atom stereocenters. The fraction of sp³-hybridized carbons (Fsp3) is 0.556. The molecule has 0 aliphatic heterocycles. The fourth-order valence-corrected chi connectivity index (χ4v) is 0.671. The molecule has 0 saturated heterocycles. The molecule has 0 heterocycles. The summed E-state index contributed by atoms with van der Waals surface area (Å²) in [4.78, 5) is 0. The topological polar surface area (TPSA) is 40.5 Å². The first-order chi connectivity index (χ1) is 5.20. The van der Waals surface area contributed by atoms with Crippen molar-refractivity contribution in [1.29, 1.82) is 0 Å². The first-order valence-corrected chi connectivity index (χ1v) is 3.49. The summed E-state index contributed by atoms with van der Waals surface area (Å²) in [6.45, 7) is 0. The van der Waals surface area contributed by atoms with Gasteiger partial charge in [-0.3, -0.25) is 0 Å². The van der Waals surface area contributed by atoms with E-state index in [0.717, 1.165) is 0 Å². The highest BCUT2D eigenvalue weighted by molar-refractivity contribution is 4.95. The maximum absolute atomic E-state index is 8.87. The van der Waals surface area contributed by atoms with Gasteiger partial charge in [0.25, 0.3) is 0 Å². The average Bonchev–Trinajstić information content (AvgIpc) is 2.04. The summed E-state index contributed by atoms with van der Waals surface area (Å²) in [7, 11) is 0. The van der Waals surface area contributed by atoms with Gasteiger partial charge in [-0.05, 0) is 19.3 Å². The number of aliphatic hydroxyl groups excluding tert-OH is 2. The largest absolute Gasteiger partial charge is 0.380 e. The van der Waals surface area contributed by atoms with Crippen LogP contribution in [0.4, 0.5) is 0 Å². The molecule has 0 rings (SSSR count). The summed E-state index contributed by atoms with van der Waals surface area (Å²) < 4.78 is 0. The van der Waals surface area contributed by atoms with E-state index in [1.807, 2.05) is 0 Å². The third kappa shape index (κ3) is 5.48. The molecule has 0 aliphatic carbocycles. The minimum Gasteiger partial charge on any atom is -0.380 e. The Bertz CT molecular complexity index is 153. The molecule has 60 valence electrons. The Kier molecular flexibility index (Phi) is 5.29. The SMILES string of the molecule is C#C[C@H](O)CCC[C@@H](O)C#C. The van der Waals surface area contributed by atoms with Crippen LogP contribution in [0.15, 0.2) is 0 Å². The van der Waals surface area contributed by atoms with Gasteiger partial charge in [0.1, 0.15) is 12.2 Å². The van der Waals surface area contributed by atoms with Crippen LogP contribution in [0, 0.1) is 24.7 Å². The van der Waals surface area contributed by atoms with Gasteiger partial charge in [-0.25, -0.2) is 0 Å². The molecule has 0 fully saturated rings. The molecule has 0 radical (unpaired) electrons. The van der Waals surface area contributed by atoms with Gasteiger partial charge in [-0.1, -0.05) is 11.8 Å². The Morgan fingerprint density at radius 2 is 1.36 bits per heavy atom. The zero-order valence-corrected chi connectivity index (χ0v) is 6.33. The van der Waals surface area contributed by atoms with Gasteiger partial charge >= 0.3 is 0 Å². The molecule has 2 nitrogen and oxygen atoms in total. The standard InChI is InChI=1S/C9H12O2/c1-3-8(10)6-5-7-9(11)4-2/h1-2,8-11H,5-7H2/t8-,9-/m0/s1. The third-order valence-corrected chi connectivity index (χ3v) is 1.34. The molecule has 0 bridgehead atoms. The van der Waals surface area contributed by atoms with E-state index in [4.69, 9.17) is 23.1 Å². The normalized spacial score (nSPS) is 14.5. The van der Waals surface area contributed by atoms with Crippen LogP contribution in [0.5, 0.6) is 0 Å². The van der Waals surface area contributed by atoms with Crippen LogP contribution in [-0.4, -0.2) is 22.4 Å². The lowest BCUT2D eigenvalue weighted by molar-refractivity contribution is 0.190. The van der Waals surface area contributed by atoms with E-state index in [0.29, 0.717) is 19.3 Å². The van der Waals surface area contributed by atoms with Gasteiger partial charge in [0.05, 0.1) is 0 Å². The van der Waals surface area contributed by atoms with Crippen molar-refractivity contribution in [1.82, 2.24) is 0 Å². The van der Waals surface area contributed by atoms with Gasteiger partial charge in [-0.15, -0.1) is 12.8 Å². The monoisotopic (exact) mass is 152 g/mol. The second-order valence-corrected chi connectivity index (χ2v) is 2.30. The molecule has 0 aromatic heterocycles. The summed E-state index contributed by atoms with van der Waals surface area (Å²) in [5.41, 5.74) is 0. The summed E-state index contributed by atoms with van der Waals surface area (Å²) in [5, 5.41) is 17.7.